The number of halogens is 2. The van der Waals surface area contributed by atoms with Crippen molar-refractivity contribution in [2.75, 3.05) is 12.9 Å². The Labute approximate surface area is 209 Å². The first-order valence-electron chi connectivity index (χ1n) is 11.6. The molecule has 0 aliphatic carbocycles. The molecular weight excluding hydrogens is 474 g/mol. The average Bonchev–Trinajstić information content (AvgIpc) is 2.74. The quantitative estimate of drug-likeness (QED) is 0.419. The summed E-state index contributed by atoms with van der Waals surface area (Å²) in [6.07, 6.45) is 0.939. The van der Waals surface area contributed by atoms with Gasteiger partial charge in [-0.3, -0.25) is 4.79 Å². The smallest absolute Gasteiger partial charge is 0.394 e. The fraction of sp³-hybridized carbons (Fsp3) is 0.519. The summed E-state index contributed by atoms with van der Waals surface area (Å²) in [6, 6.07) is 13.3. The topological polar surface area (TPSA) is 80.7 Å². The number of sulfone groups is 1. The highest BCUT2D eigenvalue weighted by Crippen LogP contribution is 2.21. The first kappa shape index (κ1) is 32.7. The molecule has 0 fully saturated rings. The summed E-state index contributed by atoms with van der Waals surface area (Å²) in [5.74, 6) is 0.868. The van der Waals surface area contributed by atoms with E-state index in [0.29, 0.717) is 11.8 Å². The molecule has 0 aromatic heterocycles. The maximum atomic E-state index is 12.3. The maximum absolute atomic E-state index is 12.3. The predicted octanol–water partition coefficient (Wildman–Crippen LogP) is 6.40. The Balaban J connectivity index is 0.000000496. The Kier molecular flexibility index (Phi) is 14.6. The molecule has 0 aliphatic heterocycles. The number of aryl methyl sites for hydroxylation is 2. The number of ketones is 1. The average molecular weight is 515 g/mol. The van der Waals surface area contributed by atoms with Crippen LogP contribution < -0.4 is 4.74 Å². The van der Waals surface area contributed by atoms with Crippen molar-refractivity contribution in [2.45, 2.75) is 71.8 Å². The maximum Gasteiger partial charge on any atom is 0.394 e. The number of benzene rings is 2. The van der Waals surface area contributed by atoms with Gasteiger partial charge >= 0.3 is 6.11 Å². The lowest BCUT2D eigenvalue weighted by Gasteiger charge is -2.15. The van der Waals surface area contributed by atoms with Crippen molar-refractivity contribution in [3.63, 3.8) is 0 Å². The summed E-state index contributed by atoms with van der Waals surface area (Å²) in [5.41, 5.74) is 2.08. The highest BCUT2D eigenvalue weighted by atomic mass is 32.2. The molecule has 2 aromatic carbocycles. The summed E-state index contributed by atoms with van der Waals surface area (Å²) in [7, 11) is -3.02. The van der Waals surface area contributed by atoms with E-state index in [-0.39, 0.29) is 30.0 Å². The normalized spacial score (nSPS) is 12.9. The van der Waals surface area contributed by atoms with Crippen molar-refractivity contribution in [1.29, 1.82) is 0 Å². The third-order valence-electron chi connectivity index (χ3n) is 4.98. The second kappa shape index (κ2) is 15.6. The van der Waals surface area contributed by atoms with Crippen LogP contribution in [0.1, 0.15) is 58.1 Å². The molecule has 2 aromatic rings. The number of alkyl halides is 2. The molecule has 2 rings (SSSR count). The Morgan fingerprint density at radius 2 is 1.49 bits per heavy atom. The Morgan fingerprint density at radius 3 is 1.83 bits per heavy atom. The lowest BCUT2D eigenvalue weighted by atomic mass is 9.90. The highest BCUT2D eigenvalue weighted by Gasteiger charge is 2.22. The van der Waals surface area contributed by atoms with Crippen LogP contribution in [-0.4, -0.2) is 38.3 Å². The van der Waals surface area contributed by atoms with Crippen LogP contribution in [0.3, 0.4) is 0 Å². The molecule has 1 N–H and O–H groups in total. The van der Waals surface area contributed by atoms with Gasteiger partial charge in [0.15, 0.2) is 9.84 Å². The van der Waals surface area contributed by atoms with Crippen LogP contribution in [0.15, 0.2) is 53.4 Å². The van der Waals surface area contributed by atoms with Gasteiger partial charge in [-0.2, -0.15) is 8.78 Å². The minimum atomic E-state index is -3.10. The van der Waals surface area contributed by atoms with E-state index in [1.54, 1.807) is 43.3 Å². The van der Waals surface area contributed by atoms with Crippen LogP contribution in [0.2, 0.25) is 0 Å². The third kappa shape index (κ3) is 16.1. The standard InChI is InChI=1S/C10H20O2.C9H10F2O.C8H10O2S/c1-4-5-10(9(3)12)6-8(2)7-11;1-7-3-5-8(6-4-7)12-9(2,10)11;1-7-3-5-8(6-4-7)11(2,9)10/h8,10-11H,4-7H2,1-3H3;3-6H,1-2H3;3-6H,1-2H3/t8-,10?;;/m1../s1. The van der Waals surface area contributed by atoms with Crippen molar-refractivity contribution < 1.29 is 31.8 Å². The van der Waals surface area contributed by atoms with Crippen molar-refractivity contribution in [3.05, 3.63) is 59.7 Å². The van der Waals surface area contributed by atoms with Crippen molar-refractivity contribution >= 4 is 15.6 Å². The zero-order valence-electron chi connectivity index (χ0n) is 21.8. The van der Waals surface area contributed by atoms with E-state index in [1.807, 2.05) is 20.8 Å². The lowest BCUT2D eigenvalue weighted by molar-refractivity contribution is -0.158. The minimum absolute atomic E-state index is 0.164. The van der Waals surface area contributed by atoms with E-state index in [4.69, 9.17) is 5.11 Å². The number of hydrogen-bond acceptors (Lipinski definition) is 5. The predicted molar refractivity (Wildman–Crippen MR) is 137 cm³/mol. The van der Waals surface area contributed by atoms with Crippen molar-refractivity contribution in [3.8, 4) is 5.75 Å². The van der Waals surface area contributed by atoms with Crippen LogP contribution in [0, 0.1) is 25.7 Å². The molecule has 1 unspecified atom stereocenters. The Hall–Kier alpha value is -2.32. The SMILES string of the molecule is CCCC(C[C@@H](C)CO)C(C)=O.Cc1ccc(OC(C)(F)F)cc1.Cc1ccc(S(C)(=O)=O)cc1. The van der Waals surface area contributed by atoms with E-state index in [0.717, 1.165) is 30.4 Å². The van der Waals surface area contributed by atoms with E-state index in [1.165, 1.54) is 18.4 Å². The van der Waals surface area contributed by atoms with Gasteiger partial charge in [-0.1, -0.05) is 55.7 Å². The Bertz CT molecular complexity index is 966. The summed E-state index contributed by atoms with van der Waals surface area (Å²) in [6.45, 7) is 10.4. The number of Topliss-reactive ketones (excluding diaryl/α,β-unsaturated/α-hetero) is 1. The number of aliphatic hydroxyl groups is 1. The van der Waals surface area contributed by atoms with Crippen molar-refractivity contribution in [1.82, 2.24) is 0 Å². The highest BCUT2D eigenvalue weighted by molar-refractivity contribution is 7.90. The van der Waals surface area contributed by atoms with Crippen LogP contribution >= 0.6 is 0 Å². The first-order chi connectivity index (χ1) is 16.1. The largest absolute Gasteiger partial charge is 0.433 e. The van der Waals surface area contributed by atoms with Gasteiger partial charge in [-0.05, 0) is 63.8 Å². The summed E-state index contributed by atoms with van der Waals surface area (Å²) in [4.78, 5) is 11.5. The fourth-order valence-electron chi connectivity index (χ4n) is 2.99. The molecule has 8 heteroatoms. The monoisotopic (exact) mass is 514 g/mol. The fourth-order valence-corrected chi connectivity index (χ4v) is 3.62. The second-order valence-corrected chi connectivity index (χ2v) is 10.9. The molecule has 0 amide bonds. The van der Waals surface area contributed by atoms with Gasteiger partial charge in [-0.15, -0.1) is 0 Å². The van der Waals surface area contributed by atoms with Gasteiger partial charge in [0.1, 0.15) is 11.5 Å². The van der Waals surface area contributed by atoms with Gasteiger partial charge < -0.3 is 9.84 Å². The number of ether oxygens (including phenoxy) is 1. The molecule has 0 saturated carbocycles. The first-order valence-corrected chi connectivity index (χ1v) is 13.5. The number of hydrogen-bond donors (Lipinski definition) is 1. The third-order valence-corrected chi connectivity index (χ3v) is 6.11. The van der Waals surface area contributed by atoms with Gasteiger partial charge in [0.2, 0.25) is 0 Å². The second-order valence-electron chi connectivity index (χ2n) is 8.93. The summed E-state index contributed by atoms with van der Waals surface area (Å²) < 4.78 is 50.8. The molecule has 0 radical (unpaired) electrons. The summed E-state index contributed by atoms with van der Waals surface area (Å²) >= 11 is 0. The molecule has 0 aliphatic rings. The van der Waals surface area contributed by atoms with Crippen molar-refractivity contribution in [2.24, 2.45) is 11.8 Å². The van der Waals surface area contributed by atoms with Crippen LogP contribution in [-0.2, 0) is 14.6 Å². The van der Waals surface area contributed by atoms with Crippen LogP contribution in [0.4, 0.5) is 8.78 Å². The summed E-state index contributed by atoms with van der Waals surface area (Å²) in [5, 5.41) is 8.82. The van der Waals surface area contributed by atoms with E-state index in [2.05, 4.69) is 11.7 Å². The van der Waals surface area contributed by atoms with E-state index >= 15 is 0 Å². The molecule has 0 saturated heterocycles. The van der Waals surface area contributed by atoms with Gasteiger partial charge in [0, 0.05) is 25.7 Å². The number of carbonyl (C=O) groups excluding carboxylic acids is 1. The van der Waals surface area contributed by atoms with Crippen LogP contribution in [0.5, 0.6) is 5.75 Å². The number of carbonyl (C=O) groups is 1. The number of aliphatic hydroxyl groups excluding tert-OH is 1. The van der Waals surface area contributed by atoms with E-state index < -0.39 is 15.9 Å². The molecule has 2 atom stereocenters. The molecule has 35 heavy (non-hydrogen) atoms. The number of rotatable bonds is 9. The van der Waals surface area contributed by atoms with Gasteiger partial charge in [0.25, 0.3) is 0 Å². The molecule has 5 nitrogen and oxygen atoms in total. The Morgan fingerprint density at radius 1 is 1.03 bits per heavy atom. The minimum Gasteiger partial charge on any atom is -0.433 e. The van der Waals surface area contributed by atoms with E-state index in [9.17, 15) is 22.0 Å². The lowest BCUT2D eigenvalue weighted by Crippen LogP contribution is -2.18. The zero-order chi connectivity index (χ0) is 27.2. The molecular formula is C27H40F2O5S. The van der Waals surface area contributed by atoms with Gasteiger partial charge in [-0.25, -0.2) is 8.42 Å². The van der Waals surface area contributed by atoms with Gasteiger partial charge in [0.05, 0.1) is 4.90 Å². The molecule has 0 bridgehead atoms. The molecule has 0 spiro atoms. The molecule has 0 heterocycles. The zero-order valence-corrected chi connectivity index (χ0v) is 22.7. The van der Waals surface area contributed by atoms with Crippen LogP contribution in [0.25, 0.3) is 0 Å². The molecule has 198 valence electrons.